The lowest BCUT2D eigenvalue weighted by molar-refractivity contribution is 0.0762. The van der Waals surface area contributed by atoms with Crippen LogP contribution in [0.25, 0.3) is 0 Å². The molecule has 1 fully saturated rings. The van der Waals surface area contributed by atoms with Gasteiger partial charge >= 0.3 is 0 Å². The SMILES string of the molecule is N#Cc1ccc(OC2CN(S(=O)(=O)c3cccc(Cl)c3)C2)cc1. The number of nitriles is 1. The van der Waals surface area contributed by atoms with E-state index < -0.39 is 10.0 Å². The third kappa shape index (κ3) is 3.32. The molecule has 118 valence electrons. The van der Waals surface area contributed by atoms with Gasteiger partial charge in [-0.15, -0.1) is 0 Å². The molecule has 7 heteroatoms. The van der Waals surface area contributed by atoms with Crippen LogP contribution in [-0.4, -0.2) is 31.9 Å². The van der Waals surface area contributed by atoms with Crippen molar-refractivity contribution in [3.8, 4) is 11.8 Å². The van der Waals surface area contributed by atoms with Gasteiger partial charge in [-0.05, 0) is 42.5 Å². The maximum absolute atomic E-state index is 12.4. The van der Waals surface area contributed by atoms with Crippen LogP contribution in [0, 0.1) is 11.3 Å². The normalized spacial score (nSPS) is 15.7. The molecule has 3 rings (SSSR count). The number of ether oxygens (including phenoxy) is 1. The zero-order valence-electron chi connectivity index (χ0n) is 12.0. The van der Waals surface area contributed by atoms with Crippen LogP contribution >= 0.6 is 11.6 Å². The maximum atomic E-state index is 12.4. The molecular weight excluding hydrogens is 336 g/mol. The van der Waals surface area contributed by atoms with Crippen LogP contribution in [-0.2, 0) is 10.0 Å². The predicted octanol–water partition coefficient (Wildman–Crippen LogP) is 2.66. The third-order valence-corrected chi connectivity index (χ3v) is 5.60. The van der Waals surface area contributed by atoms with E-state index in [4.69, 9.17) is 21.6 Å². The molecule has 0 spiro atoms. The molecule has 0 N–H and O–H groups in total. The highest BCUT2D eigenvalue weighted by Crippen LogP contribution is 2.26. The number of halogens is 1. The predicted molar refractivity (Wildman–Crippen MR) is 85.8 cm³/mol. The van der Waals surface area contributed by atoms with Crippen LogP contribution < -0.4 is 4.74 Å². The van der Waals surface area contributed by atoms with Crippen molar-refractivity contribution < 1.29 is 13.2 Å². The first kappa shape index (κ1) is 15.8. The van der Waals surface area contributed by atoms with Gasteiger partial charge in [0.05, 0.1) is 29.6 Å². The number of sulfonamides is 1. The van der Waals surface area contributed by atoms with Gasteiger partial charge in [-0.3, -0.25) is 0 Å². The van der Waals surface area contributed by atoms with Crippen LogP contribution in [0.1, 0.15) is 5.56 Å². The Kier molecular flexibility index (Phi) is 4.26. The monoisotopic (exact) mass is 348 g/mol. The Balaban J connectivity index is 1.63. The highest BCUT2D eigenvalue weighted by molar-refractivity contribution is 7.89. The highest BCUT2D eigenvalue weighted by atomic mass is 35.5. The fraction of sp³-hybridized carbons (Fsp3) is 0.188. The van der Waals surface area contributed by atoms with Crippen molar-refractivity contribution in [2.75, 3.05) is 13.1 Å². The highest BCUT2D eigenvalue weighted by Gasteiger charge is 2.38. The molecule has 0 atom stereocenters. The van der Waals surface area contributed by atoms with Crippen molar-refractivity contribution in [2.45, 2.75) is 11.0 Å². The molecule has 0 bridgehead atoms. The lowest BCUT2D eigenvalue weighted by Crippen LogP contribution is -2.55. The molecule has 23 heavy (non-hydrogen) atoms. The number of hydrogen-bond acceptors (Lipinski definition) is 4. The molecule has 1 heterocycles. The summed E-state index contributed by atoms with van der Waals surface area (Å²) in [5.41, 5.74) is 0.552. The van der Waals surface area contributed by atoms with Crippen molar-refractivity contribution in [3.05, 3.63) is 59.1 Å². The van der Waals surface area contributed by atoms with E-state index in [9.17, 15) is 8.42 Å². The lowest BCUT2D eigenvalue weighted by Gasteiger charge is -2.37. The van der Waals surface area contributed by atoms with Crippen molar-refractivity contribution in [3.63, 3.8) is 0 Å². The van der Waals surface area contributed by atoms with E-state index in [-0.39, 0.29) is 24.1 Å². The molecule has 1 aliphatic rings. The lowest BCUT2D eigenvalue weighted by atomic mass is 10.2. The molecule has 0 amide bonds. The van der Waals surface area contributed by atoms with Crippen molar-refractivity contribution >= 4 is 21.6 Å². The Morgan fingerprint density at radius 2 is 1.87 bits per heavy atom. The van der Waals surface area contributed by atoms with Crippen LogP contribution in [0.4, 0.5) is 0 Å². The van der Waals surface area contributed by atoms with Gasteiger partial charge in [0.25, 0.3) is 0 Å². The summed E-state index contributed by atoms with van der Waals surface area (Å²) in [7, 11) is -3.53. The Morgan fingerprint density at radius 3 is 2.48 bits per heavy atom. The van der Waals surface area contributed by atoms with E-state index in [1.807, 2.05) is 6.07 Å². The van der Waals surface area contributed by atoms with Crippen molar-refractivity contribution in [1.82, 2.24) is 4.31 Å². The molecule has 1 aliphatic heterocycles. The molecule has 0 aliphatic carbocycles. The van der Waals surface area contributed by atoms with Gasteiger partial charge in [-0.1, -0.05) is 17.7 Å². The molecule has 2 aromatic rings. The minimum atomic E-state index is -3.53. The third-order valence-electron chi connectivity index (χ3n) is 3.53. The Bertz CT molecular complexity index is 854. The Labute approximate surface area is 139 Å². The first-order chi connectivity index (χ1) is 11.0. The first-order valence-electron chi connectivity index (χ1n) is 6.91. The van der Waals surface area contributed by atoms with Gasteiger partial charge < -0.3 is 4.74 Å². The number of hydrogen-bond donors (Lipinski definition) is 0. The number of rotatable bonds is 4. The van der Waals surface area contributed by atoms with Crippen LogP contribution in [0.15, 0.2) is 53.4 Å². The molecule has 0 aromatic heterocycles. The van der Waals surface area contributed by atoms with Crippen LogP contribution in [0.5, 0.6) is 5.75 Å². The minimum Gasteiger partial charge on any atom is -0.488 e. The summed E-state index contributed by atoms with van der Waals surface area (Å²) in [6.07, 6.45) is -0.197. The summed E-state index contributed by atoms with van der Waals surface area (Å²) in [5.74, 6) is 0.619. The maximum Gasteiger partial charge on any atom is 0.243 e. The summed E-state index contributed by atoms with van der Waals surface area (Å²) in [6.45, 7) is 0.573. The number of nitrogens with zero attached hydrogens (tertiary/aromatic N) is 2. The second-order valence-electron chi connectivity index (χ2n) is 5.16. The van der Waals surface area contributed by atoms with Gasteiger partial charge in [0.2, 0.25) is 10.0 Å². The van der Waals surface area contributed by atoms with E-state index in [2.05, 4.69) is 0 Å². The van der Waals surface area contributed by atoms with Gasteiger partial charge in [0, 0.05) is 5.02 Å². The zero-order chi connectivity index (χ0) is 16.4. The van der Waals surface area contributed by atoms with Crippen molar-refractivity contribution in [2.24, 2.45) is 0 Å². The minimum absolute atomic E-state index is 0.182. The summed E-state index contributed by atoms with van der Waals surface area (Å²) in [6, 6.07) is 15.0. The summed E-state index contributed by atoms with van der Waals surface area (Å²) < 4.78 is 31.9. The Morgan fingerprint density at radius 1 is 1.17 bits per heavy atom. The van der Waals surface area contributed by atoms with E-state index in [1.54, 1.807) is 36.4 Å². The van der Waals surface area contributed by atoms with E-state index >= 15 is 0 Å². The average molecular weight is 349 g/mol. The van der Waals surface area contributed by atoms with Gasteiger partial charge in [0.1, 0.15) is 11.9 Å². The second-order valence-corrected chi connectivity index (χ2v) is 7.53. The fourth-order valence-electron chi connectivity index (χ4n) is 2.25. The summed E-state index contributed by atoms with van der Waals surface area (Å²) in [4.78, 5) is 0.182. The standard InChI is InChI=1S/C16H13ClN2O3S/c17-13-2-1-3-16(8-13)23(20,21)19-10-15(11-19)22-14-6-4-12(9-18)5-7-14/h1-8,15H,10-11H2. The fourth-order valence-corrected chi connectivity index (χ4v) is 4.05. The zero-order valence-corrected chi connectivity index (χ0v) is 13.6. The number of benzene rings is 2. The second kappa shape index (κ2) is 6.20. The smallest absolute Gasteiger partial charge is 0.243 e. The molecular formula is C16H13ClN2O3S. The largest absolute Gasteiger partial charge is 0.488 e. The first-order valence-corrected chi connectivity index (χ1v) is 8.73. The topological polar surface area (TPSA) is 70.4 Å². The van der Waals surface area contributed by atoms with E-state index in [1.165, 1.54) is 16.4 Å². The van der Waals surface area contributed by atoms with Crippen LogP contribution in [0.3, 0.4) is 0 Å². The van der Waals surface area contributed by atoms with E-state index in [0.29, 0.717) is 16.3 Å². The van der Waals surface area contributed by atoms with Gasteiger partial charge in [-0.25, -0.2) is 8.42 Å². The Hall–Kier alpha value is -2.07. The van der Waals surface area contributed by atoms with E-state index in [0.717, 1.165) is 0 Å². The van der Waals surface area contributed by atoms with Crippen molar-refractivity contribution in [1.29, 1.82) is 5.26 Å². The molecule has 1 saturated heterocycles. The molecule has 0 saturated carbocycles. The van der Waals surface area contributed by atoms with Gasteiger partial charge in [-0.2, -0.15) is 9.57 Å². The molecule has 0 radical (unpaired) electrons. The quantitative estimate of drug-likeness (QED) is 0.851. The molecule has 2 aromatic carbocycles. The molecule has 5 nitrogen and oxygen atoms in total. The van der Waals surface area contributed by atoms with Crippen LogP contribution in [0.2, 0.25) is 5.02 Å². The average Bonchev–Trinajstić information content (AvgIpc) is 2.51. The molecule has 0 unspecified atom stereocenters. The van der Waals surface area contributed by atoms with Gasteiger partial charge in [0.15, 0.2) is 0 Å². The summed E-state index contributed by atoms with van der Waals surface area (Å²) in [5, 5.41) is 9.13. The summed E-state index contributed by atoms with van der Waals surface area (Å²) >= 11 is 5.85.